The Morgan fingerprint density at radius 1 is 0.778 bits per heavy atom. The highest BCUT2D eigenvalue weighted by Gasteiger charge is 2.12. The summed E-state index contributed by atoms with van der Waals surface area (Å²) >= 11 is 0. The van der Waals surface area contributed by atoms with Gasteiger partial charge in [-0.25, -0.2) is 0 Å². The Hall–Kier alpha value is -3.90. The van der Waals surface area contributed by atoms with Gasteiger partial charge in [-0.15, -0.1) is 0 Å². The first-order chi connectivity index (χ1) is 13.3. The first-order valence-electron chi connectivity index (χ1n) is 8.62. The first-order valence-corrected chi connectivity index (χ1v) is 8.62. The largest absolute Gasteiger partial charge is 0.320 e. The van der Waals surface area contributed by atoms with Crippen molar-refractivity contribution in [1.82, 2.24) is 4.98 Å². The van der Waals surface area contributed by atoms with Gasteiger partial charge in [-0.2, -0.15) is 0 Å². The van der Waals surface area contributed by atoms with Crippen LogP contribution < -0.4 is 5.32 Å². The number of para-hydroxylation sites is 1. The third-order valence-corrected chi connectivity index (χ3v) is 4.17. The van der Waals surface area contributed by atoms with E-state index in [2.05, 4.69) is 22.1 Å². The Labute approximate surface area is 157 Å². The molecule has 0 unspecified atom stereocenters. The Balaban J connectivity index is 1.66. The molecule has 27 heavy (non-hydrogen) atoms. The summed E-state index contributed by atoms with van der Waals surface area (Å²) < 4.78 is 0. The number of aromatic nitrogens is 1. The van der Waals surface area contributed by atoms with E-state index in [0.717, 1.165) is 16.5 Å². The molecule has 1 N–H and O–H groups in total. The first kappa shape index (κ1) is 16.6. The zero-order valence-electron chi connectivity index (χ0n) is 14.5. The van der Waals surface area contributed by atoms with Crippen molar-refractivity contribution in [3.8, 4) is 11.8 Å². The molecular formula is C24H16N2O. The lowest BCUT2D eigenvalue weighted by Gasteiger charge is -2.09. The van der Waals surface area contributed by atoms with E-state index < -0.39 is 0 Å². The molecule has 1 amide bonds. The molecule has 3 nitrogen and oxygen atoms in total. The van der Waals surface area contributed by atoms with Crippen molar-refractivity contribution in [1.29, 1.82) is 0 Å². The molecule has 0 radical (unpaired) electrons. The summed E-state index contributed by atoms with van der Waals surface area (Å²) in [6.07, 6.45) is 1.72. The van der Waals surface area contributed by atoms with Gasteiger partial charge in [0.25, 0.3) is 5.91 Å². The number of nitrogens with zero attached hydrogens (tertiary/aromatic N) is 1. The number of carbonyl (C=O) groups excluding carboxylic acids is 1. The minimum atomic E-state index is -0.203. The Morgan fingerprint density at radius 2 is 1.56 bits per heavy atom. The van der Waals surface area contributed by atoms with Crippen LogP contribution in [0.25, 0.3) is 10.9 Å². The Bertz CT molecular complexity index is 1170. The maximum atomic E-state index is 12.9. The molecule has 1 aromatic heterocycles. The van der Waals surface area contributed by atoms with Gasteiger partial charge < -0.3 is 5.32 Å². The zero-order valence-corrected chi connectivity index (χ0v) is 14.5. The van der Waals surface area contributed by atoms with Crippen molar-refractivity contribution in [3.63, 3.8) is 0 Å². The average Bonchev–Trinajstić information content (AvgIpc) is 2.73. The highest BCUT2D eigenvalue weighted by atomic mass is 16.1. The molecule has 0 saturated heterocycles. The molecule has 0 bridgehead atoms. The van der Waals surface area contributed by atoms with Crippen LogP contribution in [0.15, 0.2) is 91.1 Å². The standard InChI is InChI=1S/C24H16N2O/c27-24(26-22-14-6-11-20-12-7-17-25-23(20)22)21-13-5-4-10-19(21)16-15-18-8-2-1-3-9-18/h1-14,17H,(H,26,27). The van der Waals surface area contributed by atoms with Gasteiger partial charge in [-0.3, -0.25) is 9.78 Å². The number of fused-ring (bicyclic) bond motifs is 1. The topological polar surface area (TPSA) is 42.0 Å². The molecule has 4 rings (SSSR count). The van der Waals surface area contributed by atoms with E-state index in [0.29, 0.717) is 16.8 Å². The van der Waals surface area contributed by atoms with Crippen LogP contribution in [0.3, 0.4) is 0 Å². The molecule has 3 aromatic carbocycles. The molecule has 0 fully saturated rings. The minimum absolute atomic E-state index is 0.203. The van der Waals surface area contributed by atoms with Crippen LogP contribution in [0.4, 0.5) is 5.69 Å². The third kappa shape index (κ3) is 3.70. The number of nitrogens with one attached hydrogen (secondary N) is 1. The summed E-state index contributed by atoms with van der Waals surface area (Å²) in [5.74, 6) is 6.01. The number of amides is 1. The average molecular weight is 348 g/mol. The smallest absolute Gasteiger partial charge is 0.256 e. The zero-order chi connectivity index (χ0) is 18.5. The fraction of sp³-hybridized carbons (Fsp3) is 0. The number of rotatable bonds is 2. The maximum Gasteiger partial charge on any atom is 0.256 e. The van der Waals surface area contributed by atoms with E-state index in [1.165, 1.54) is 0 Å². The van der Waals surface area contributed by atoms with Crippen molar-refractivity contribution < 1.29 is 4.79 Å². The van der Waals surface area contributed by atoms with Gasteiger partial charge in [0, 0.05) is 22.7 Å². The van der Waals surface area contributed by atoms with E-state index >= 15 is 0 Å². The lowest BCUT2D eigenvalue weighted by molar-refractivity contribution is 0.102. The number of hydrogen-bond donors (Lipinski definition) is 1. The van der Waals surface area contributed by atoms with E-state index in [9.17, 15) is 4.79 Å². The van der Waals surface area contributed by atoms with Crippen molar-refractivity contribution in [3.05, 3.63) is 108 Å². The van der Waals surface area contributed by atoms with E-state index in [4.69, 9.17) is 0 Å². The minimum Gasteiger partial charge on any atom is -0.320 e. The van der Waals surface area contributed by atoms with Crippen molar-refractivity contribution >= 4 is 22.5 Å². The molecule has 1 heterocycles. The number of anilines is 1. The summed E-state index contributed by atoms with van der Waals surface area (Å²) in [5, 5.41) is 3.95. The number of carbonyl (C=O) groups is 1. The fourth-order valence-corrected chi connectivity index (χ4v) is 2.85. The number of benzene rings is 3. The van der Waals surface area contributed by atoms with Crippen LogP contribution in [0.1, 0.15) is 21.5 Å². The molecule has 0 aliphatic rings. The summed E-state index contributed by atoms with van der Waals surface area (Å²) in [7, 11) is 0. The van der Waals surface area contributed by atoms with Crippen molar-refractivity contribution in [2.45, 2.75) is 0 Å². The molecule has 0 aliphatic heterocycles. The number of pyridine rings is 1. The van der Waals surface area contributed by atoms with Gasteiger partial charge in [-0.1, -0.05) is 60.4 Å². The predicted octanol–water partition coefficient (Wildman–Crippen LogP) is 4.89. The van der Waals surface area contributed by atoms with Crippen molar-refractivity contribution in [2.24, 2.45) is 0 Å². The predicted molar refractivity (Wildman–Crippen MR) is 109 cm³/mol. The highest BCUT2D eigenvalue weighted by Crippen LogP contribution is 2.21. The quantitative estimate of drug-likeness (QED) is 0.524. The monoisotopic (exact) mass is 348 g/mol. The summed E-state index contributed by atoms with van der Waals surface area (Å²) in [6.45, 7) is 0. The summed E-state index contributed by atoms with van der Waals surface area (Å²) in [5.41, 5.74) is 3.58. The van der Waals surface area contributed by atoms with Gasteiger partial charge in [-0.05, 0) is 36.4 Å². The van der Waals surface area contributed by atoms with Crippen LogP contribution in [0.5, 0.6) is 0 Å². The van der Waals surface area contributed by atoms with Crippen LogP contribution in [0, 0.1) is 11.8 Å². The third-order valence-electron chi connectivity index (χ3n) is 4.17. The second kappa shape index (κ2) is 7.55. The second-order valence-electron chi connectivity index (χ2n) is 6.00. The van der Waals surface area contributed by atoms with Crippen LogP contribution in [0.2, 0.25) is 0 Å². The second-order valence-corrected chi connectivity index (χ2v) is 6.00. The number of hydrogen-bond acceptors (Lipinski definition) is 2. The van der Waals surface area contributed by atoms with Gasteiger partial charge in [0.2, 0.25) is 0 Å². The van der Waals surface area contributed by atoms with E-state index in [-0.39, 0.29) is 5.91 Å². The summed E-state index contributed by atoms with van der Waals surface area (Å²) in [4.78, 5) is 17.3. The lowest BCUT2D eigenvalue weighted by atomic mass is 10.1. The van der Waals surface area contributed by atoms with Crippen molar-refractivity contribution in [2.75, 3.05) is 5.32 Å². The highest BCUT2D eigenvalue weighted by molar-refractivity contribution is 6.09. The van der Waals surface area contributed by atoms with Gasteiger partial charge in [0.15, 0.2) is 0 Å². The van der Waals surface area contributed by atoms with Crippen LogP contribution in [-0.2, 0) is 0 Å². The maximum absolute atomic E-state index is 12.9. The molecular weight excluding hydrogens is 332 g/mol. The van der Waals surface area contributed by atoms with Crippen LogP contribution in [-0.4, -0.2) is 10.9 Å². The van der Waals surface area contributed by atoms with Gasteiger partial charge >= 0.3 is 0 Å². The summed E-state index contributed by atoms with van der Waals surface area (Å²) in [6, 6.07) is 26.6. The van der Waals surface area contributed by atoms with Crippen LogP contribution >= 0.6 is 0 Å². The normalized spacial score (nSPS) is 10.1. The van der Waals surface area contributed by atoms with E-state index in [1.807, 2.05) is 78.9 Å². The Morgan fingerprint density at radius 3 is 2.44 bits per heavy atom. The molecule has 0 saturated carbocycles. The molecule has 0 spiro atoms. The lowest BCUT2D eigenvalue weighted by Crippen LogP contribution is -2.14. The van der Waals surface area contributed by atoms with Gasteiger partial charge in [0.1, 0.15) is 0 Å². The molecule has 0 aliphatic carbocycles. The SMILES string of the molecule is O=C(Nc1cccc2cccnc12)c1ccccc1C#Cc1ccccc1. The van der Waals surface area contributed by atoms with E-state index in [1.54, 1.807) is 12.3 Å². The van der Waals surface area contributed by atoms with Gasteiger partial charge in [0.05, 0.1) is 16.8 Å². The molecule has 3 heteroatoms. The Kier molecular flexibility index (Phi) is 4.63. The molecule has 4 aromatic rings. The molecule has 128 valence electrons. The fourth-order valence-electron chi connectivity index (χ4n) is 2.85. The molecule has 0 atom stereocenters.